The minimum absolute atomic E-state index is 0.0528. The molecule has 0 unspecified atom stereocenters. The van der Waals surface area contributed by atoms with E-state index in [-0.39, 0.29) is 89.6 Å². The van der Waals surface area contributed by atoms with Crippen molar-refractivity contribution < 1.29 is 64.7 Å². The predicted octanol–water partition coefficient (Wildman–Crippen LogP) is 22.8. The zero-order chi connectivity index (χ0) is 94.0. The number of carbonyl (C=O) groups is 4. The Morgan fingerprint density at radius 1 is 0.375 bits per heavy atom. The molecule has 0 aliphatic heterocycles. The van der Waals surface area contributed by atoms with Gasteiger partial charge in [0.2, 0.25) is 0 Å². The summed E-state index contributed by atoms with van der Waals surface area (Å²) in [6, 6.07) is 42.3. The first-order chi connectivity index (χ1) is 66.4. The molecule has 4 fully saturated rings. The maximum atomic E-state index is 13.5. The number of nitrogens with one attached hydrogen (secondary N) is 4. The number of halogens is 4. The number of nitrogens with zero attached hydrogens (tertiary/aromatic N) is 10. The highest BCUT2D eigenvalue weighted by atomic mass is 32.1. The summed E-state index contributed by atoms with van der Waals surface area (Å²) >= 11 is 3.05. The quantitative estimate of drug-likeness (QED) is 0.0407. The van der Waals surface area contributed by atoms with Gasteiger partial charge in [-0.3, -0.25) is 19.9 Å². The standard InChI is InChI=1S/2C27H28FN3O2S.2C26H27FN4O3/c1-2-33-27(32)30-23-9-10-24-19(14-23)12-20-16-34-31-26(20)25(24)11-8-22-7-6-18(15-29-22)17-4-3-5-21(28)13-17;1-2-33-27(32)30-22-9-10-23-19(13-22)14-26-25(16-34-31-26)24(23)11-8-21-7-6-18(15-29-21)17-4-3-5-20(28)12-17;1-2-33-26(32)29-21-9-10-22-18(13-21)14-24-25(30-31-34-24)23(22)11-8-20-7-6-17(15-28-20)16-4-3-5-19(27)12-16;1-2-33-26(32)29-21-9-10-22-18(13-21)14-24-25(34-31-30-24)23(22)11-8-20-7-6-17(15-28-20)16-4-3-5-19(27)12-16/h3-8,11,13,15-16,19,23-25H,2,9-10,12,14H2,1H3,(H,30,32);3-8,11-12,15-16,19,22-24H,2,9-10,13-14H2,1H3,(H,30,32);2*3-8,11-12,15,18,21-23H,2,9-10,13-14H2,1H3,(H,29,32)/b4*11-8+/t19-,23-,24-,25+;19-,22+,23+,24-;2*18-,21+,22+,23-/m1000/s1. The van der Waals surface area contributed by atoms with Gasteiger partial charge in [0.25, 0.3) is 0 Å². The normalized spacial score (nSPS) is 23.8. The number of alkyl carbamates (subject to hydrolysis) is 4. The maximum absolute atomic E-state index is 13.5. The zero-order valence-corrected chi connectivity index (χ0v) is 77.8. The lowest BCUT2D eigenvalue weighted by atomic mass is 9.64. The van der Waals surface area contributed by atoms with Gasteiger partial charge in [-0.25, -0.2) is 36.7 Å². The van der Waals surface area contributed by atoms with Crippen molar-refractivity contribution in [2.45, 2.75) is 178 Å². The highest BCUT2D eigenvalue weighted by Gasteiger charge is 2.47. The molecular formula is C106H110F4N14O10S2. The van der Waals surface area contributed by atoms with Crippen LogP contribution in [0.5, 0.6) is 0 Å². The Kier molecular flexibility index (Phi) is 31.3. The summed E-state index contributed by atoms with van der Waals surface area (Å²) in [5, 5.41) is 32.5. The van der Waals surface area contributed by atoms with E-state index in [0.29, 0.717) is 79.7 Å². The average molecular weight is 1880 g/mol. The Morgan fingerprint density at radius 2 is 0.728 bits per heavy atom. The summed E-state index contributed by atoms with van der Waals surface area (Å²) in [6.45, 7) is 8.75. The molecule has 0 saturated heterocycles. The Morgan fingerprint density at radius 3 is 1.12 bits per heavy atom. The number of hydrogen-bond acceptors (Lipinski definition) is 22. The van der Waals surface area contributed by atoms with Crippen molar-refractivity contribution in [2.75, 3.05) is 26.4 Å². The van der Waals surface area contributed by atoms with Gasteiger partial charge in [-0.05, 0) is 325 Å². The van der Waals surface area contributed by atoms with E-state index in [9.17, 15) is 36.7 Å². The summed E-state index contributed by atoms with van der Waals surface area (Å²) in [7, 11) is 0. The molecule has 4 saturated carbocycles. The van der Waals surface area contributed by atoms with E-state index in [2.05, 4.69) is 114 Å². The molecular weight excluding hydrogens is 1770 g/mol. The van der Waals surface area contributed by atoms with Crippen LogP contribution in [-0.2, 0) is 44.6 Å². The minimum atomic E-state index is -0.354. The van der Waals surface area contributed by atoms with Gasteiger partial charge in [-0.15, -0.1) is 10.2 Å². The van der Waals surface area contributed by atoms with Crippen molar-refractivity contribution in [3.63, 3.8) is 0 Å². The Hall–Kier alpha value is -13.2. The summed E-state index contributed by atoms with van der Waals surface area (Å²) < 4.78 is 94.9. The van der Waals surface area contributed by atoms with Crippen molar-refractivity contribution in [3.8, 4) is 44.5 Å². The average Bonchev–Trinajstić information content (AvgIpc) is 1.55. The molecule has 8 heterocycles. The second kappa shape index (κ2) is 45.0. The minimum Gasteiger partial charge on any atom is -0.450 e. The molecule has 8 aliphatic rings. The van der Waals surface area contributed by atoms with Gasteiger partial charge >= 0.3 is 24.4 Å². The lowest BCUT2D eigenvalue weighted by Gasteiger charge is -2.42. The molecule has 136 heavy (non-hydrogen) atoms. The summed E-state index contributed by atoms with van der Waals surface area (Å²) in [6.07, 6.45) is 37.7. The Labute approximate surface area is 795 Å². The van der Waals surface area contributed by atoms with Gasteiger partial charge in [-0.2, -0.15) is 8.75 Å². The van der Waals surface area contributed by atoms with Crippen LogP contribution in [0, 0.1) is 70.6 Å². The number of aromatic nitrogens is 10. The van der Waals surface area contributed by atoms with Gasteiger partial charge in [0, 0.05) is 123 Å². The zero-order valence-electron chi connectivity index (χ0n) is 76.2. The fourth-order valence-electron chi connectivity index (χ4n) is 21.4. The van der Waals surface area contributed by atoms with Gasteiger partial charge in [0.1, 0.15) is 34.7 Å². The first-order valence-electron chi connectivity index (χ1n) is 47.2. The SMILES string of the molecule is CCOC(=O)N[C@@H]1CC[C@@H]2[C@H](Cc3csnc3[C@H]2/C=C/c2ccc(-c3cccc(F)c3)cn2)C1.CCOC(=O)N[C@@H]1CC[C@@H]2[C@H](Cc3nnoc3[C@H]2/C=C/c2ccc(-c3cccc(F)c3)cn2)C1.CCOC(=O)N[C@@H]1CC[C@@H]2[C@H](Cc3nscc3[C@H]2/C=C/c2ccc(-c3cccc(F)c3)cn2)C1.CCOC(=O)N[C@@H]1CC[C@@H]2[C@H](Cc3onnc3[C@H]2/C=C/c2ccc(-c3cccc(F)c3)cn2)C1. The van der Waals surface area contributed by atoms with Gasteiger partial charge in [-0.1, -0.05) is 97.1 Å². The third-order valence-electron chi connectivity index (χ3n) is 27.7. The third kappa shape index (κ3) is 23.6. The molecule has 24 nitrogen and oxygen atoms in total. The topological polar surface area (TPSA) is 308 Å². The van der Waals surface area contributed by atoms with Gasteiger partial charge in [0.15, 0.2) is 11.5 Å². The van der Waals surface area contributed by atoms with E-state index in [1.807, 2.05) is 98.8 Å². The highest BCUT2D eigenvalue weighted by Crippen LogP contribution is 2.52. The van der Waals surface area contributed by atoms with Crippen LogP contribution in [-0.4, -0.2) is 124 Å². The molecule has 4 amide bonds. The van der Waals surface area contributed by atoms with E-state index < -0.39 is 0 Å². The van der Waals surface area contributed by atoms with Gasteiger partial charge in [0.05, 0.1) is 60.6 Å². The molecule has 4 aromatic carbocycles. The van der Waals surface area contributed by atoms with Crippen LogP contribution in [0.4, 0.5) is 36.7 Å². The van der Waals surface area contributed by atoms with Crippen LogP contribution in [0.15, 0.2) is 214 Å². The van der Waals surface area contributed by atoms with Crippen molar-refractivity contribution in [2.24, 2.45) is 47.3 Å². The molecule has 8 aliphatic carbocycles. The van der Waals surface area contributed by atoms with Crippen molar-refractivity contribution in [1.82, 2.24) is 70.7 Å². The molecule has 704 valence electrons. The molecule has 0 spiro atoms. The number of allylic oxidation sites excluding steroid dienone is 4. The highest BCUT2D eigenvalue weighted by molar-refractivity contribution is 7.04. The van der Waals surface area contributed by atoms with E-state index in [4.69, 9.17) is 32.4 Å². The van der Waals surface area contributed by atoms with Gasteiger partial charge < -0.3 is 49.3 Å². The number of fused-ring (bicyclic) bond motifs is 8. The van der Waals surface area contributed by atoms with E-state index in [0.717, 1.165) is 193 Å². The molecule has 20 rings (SSSR count). The van der Waals surface area contributed by atoms with Crippen molar-refractivity contribution in [1.29, 1.82) is 0 Å². The third-order valence-corrected chi connectivity index (χ3v) is 29.1. The summed E-state index contributed by atoms with van der Waals surface area (Å²) in [5.41, 5.74) is 16.9. The number of pyridine rings is 4. The van der Waals surface area contributed by atoms with Crippen LogP contribution in [0.1, 0.15) is 197 Å². The van der Waals surface area contributed by atoms with Crippen LogP contribution >= 0.6 is 23.1 Å². The van der Waals surface area contributed by atoms with Crippen LogP contribution in [0.25, 0.3) is 68.8 Å². The maximum Gasteiger partial charge on any atom is 0.407 e. The fraction of sp³-hybridized carbons (Fsp3) is 0.377. The van der Waals surface area contributed by atoms with E-state index in [1.54, 1.807) is 62.9 Å². The fourth-order valence-corrected chi connectivity index (χ4v) is 23.0. The second-order valence-corrected chi connectivity index (χ2v) is 37.3. The van der Waals surface area contributed by atoms with Crippen LogP contribution < -0.4 is 21.3 Å². The second-order valence-electron chi connectivity index (χ2n) is 36.1. The van der Waals surface area contributed by atoms with Crippen molar-refractivity contribution >= 4 is 71.7 Å². The molecule has 0 bridgehead atoms. The number of carbonyl (C=O) groups excluding carboxylic acids is 4. The first-order valence-corrected chi connectivity index (χ1v) is 48.9. The summed E-state index contributed by atoms with van der Waals surface area (Å²) in [4.78, 5) is 65.8. The predicted molar refractivity (Wildman–Crippen MR) is 512 cm³/mol. The molecule has 0 radical (unpaired) electrons. The molecule has 16 atom stereocenters. The smallest absolute Gasteiger partial charge is 0.407 e. The number of hydrogen-bond donors (Lipinski definition) is 4. The van der Waals surface area contributed by atoms with E-state index >= 15 is 0 Å². The van der Waals surface area contributed by atoms with Crippen LogP contribution in [0.2, 0.25) is 0 Å². The Bertz CT molecular complexity index is 5450. The van der Waals surface area contributed by atoms with Crippen molar-refractivity contribution in [3.05, 3.63) is 297 Å². The Balaban J connectivity index is 0.000000126. The van der Waals surface area contributed by atoms with Crippen LogP contribution in [0.3, 0.4) is 0 Å². The summed E-state index contributed by atoms with van der Waals surface area (Å²) in [5.74, 6) is 4.79. The number of ether oxygens (including phenoxy) is 4. The lowest BCUT2D eigenvalue weighted by molar-refractivity contribution is 0.124. The molecule has 30 heteroatoms. The number of benzene rings is 4. The monoisotopic (exact) mass is 1880 g/mol. The molecule has 8 aromatic heterocycles. The number of amides is 4. The largest absolute Gasteiger partial charge is 0.450 e. The molecule has 4 N–H and O–H groups in total. The lowest BCUT2D eigenvalue weighted by Crippen LogP contribution is -2.44. The number of rotatable bonds is 20. The van der Waals surface area contributed by atoms with E-state index in [1.165, 1.54) is 94.1 Å². The first kappa shape index (κ1) is 94.5. The molecule has 12 aromatic rings.